The van der Waals surface area contributed by atoms with Gasteiger partial charge < -0.3 is 15.0 Å². The summed E-state index contributed by atoms with van der Waals surface area (Å²) in [5.41, 5.74) is 5.98. The van der Waals surface area contributed by atoms with Crippen LogP contribution < -0.4 is 19.9 Å². The third-order valence-electron chi connectivity index (χ3n) is 7.62. The van der Waals surface area contributed by atoms with Gasteiger partial charge in [-0.1, -0.05) is 48.5 Å². The van der Waals surface area contributed by atoms with E-state index >= 15 is 0 Å². The zero-order valence-corrected chi connectivity index (χ0v) is 23.6. The van der Waals surface area contributed by atoms with Crippen LogP contribution in [-0.4, -0.2) is 32.0 Å². The van der Waals surface area contributed by atoms with E-state index in [9.17, 15) is 14.0 Å². The fourth-order valence-electron chi connectivity index (χ4n) is 5.44. The maximum Gasteiger partial charge on any atom is 0.252 e. The van der Waals surface area contributed by atoms with Crippen LogP contribution >= 0.6 is 0 Å². The first kappa shape index (κ1) is 27.9. The number of ether oxygens (including phenoxy) is 1. The standard InChI is InChI=1S/C34H34FN3O3/c1-23-7-6-8-24(2)32(23)36-34(40)33(26-11-17-29(41-3)18-12-26)38(28-15-13-27(35)14-16-28)31(39)20-22-37-21-19-25-9-4-5-10-30(25)37/h4-18,33H,19-22H2,1-3H3,(H,36,40). The average Bonchev–Trinajstić information content (AvgIpc) is 3.40. The number of fused-ring (bicyclic) bond motifs is 1. The Hall–Kier alpha value is -4.65. The minimum absolute atomic E-state index is 0.176. The van der Waals surface area contributed by atoms with Crippen molar-refractivity contribution in [2.24, 2.45) is 0 Å². The van der Waals surface area contributed by atoms with Gasteiger partial charge in [-0.3, -0.25) is 14.5 Å². The zero-order valence-electron chi connectivity index (χ0n) is 23.6. The summed E-state index contributed by atoms with van der Waals surface area (Å²) in [5.74, 6) is -0.388. The van der Waals surface area contributed by atoms with Gasteiger partial charge in [-0.2, -0.15) is 0 Å². The Kier molecular flexibility index (Phi) is 8.34. The van der Waals surface area contributed by atoms with E-state index in [-0.39, 0.29) is 18.2 Å². The third kappa shape index (κ3) is 6.09. The second-order valence-corrected chi connectivity index (χ2v) is 10.3. The topological polar surface area (TPSA) is 61.9 Å². The lowest BCUT2D eigenvalue weighted by Crippen LogP contribution is -2.43. The molecular weight excluding hydrogens is 517 g/mol. The van der Waals surface area contributed by atoms with Crippen LogP contribution in [0.15, 0.2) is 91.0 Å². The summed E-state index contributed by atoms with van der Waals surface area (Å²) in [5, 5.41) is 3.08. The number of carbonyl (C=O) groups excluding carboxylic acids is 2. The molecule has 1 aliphatic heterocycles. The van der Waals surface area contributed by atoms with Crippen LogP contribution in [0.2, 0.25) is 0 Å². The zero-order chi connectivity index (χ0) is 28.9. The molecule has 41 heavy (non-hydrogen) atoms. The van der Waals surface area contributed by atoms with E-state index in [1.54, 1.807) is 43.5 Å². The van der Waals surface area contributed by atoms with Gasteiger partial charge in [0, 0.05) is 36.6 Å². The van der Waals surface area contributed by atoms with E-state index in [4.69, 9.17) is 4.74 Å². The molecule has 0 aromatic heterocycles. The van der Waals surface area contributed by atoms with Gasteiger partial charge in [0.2, 0.25) is 5.91 Å². The summed E-state index contributed by atoms with van der Waals surface area (Å²) in [6, 6.07) is 25.8. The van der Waals surface area contributed by atoms with Gasteiger partial charge in [0.15, 0.2) is 0 Å². The number of hydrogen-bond acceptors (Lipinski definition) is 4. The predicted octanol–water partition coefficient (Wildman–Crippen LogP) is 6.62. The molecule has 210 valence electrons. The number of aryl methyl sites for hydroxylation is 2. The Morgan fingerprint density at radius 1 is 0.927 bits per heavy atom. The number of halogens is 1. The molecule has 0 saturated heterocycles. The molecule has 0 bridgehead atoms. The molecule has 0 spiro atoms. The predicted molar refractivity (Wildman–Crippen MR) is 161 cm³/mol. The number of para-hydroxylation sites is 2. The fourth-order valence-corrected chi connectivity index (χ4v) is 5.44. The lowest BCUT2D eigenvalue weighted by molar-refractivity contribution is -0.123. The van der Waals surface area contributed by atoms with E-state index in [0.717, 1.165) is 29.8 Å². The fraction of sp³-hybridized carbons (Fsp3) is 0.235. The highest BCUT2D eigenvalue weighted by Crippen LogP contribution is 2.33. The Morgan fingerprint density at radius 2 is 1.61 bits per heavy atom. The number of amides is 2. The van der Waals surface area contributed by atoms with Crippen molar-refractivity contribution >= 4 is 28.9 Å². The maximum atomic E-state index is 14.2. The van der Waals surface area contributed by atoms with Crippen LogP contribution in [0, 0.1) is 19.7 Å². The molecule has 4 aromatic carbocycles. The van der Waals surface area contributed by atoms with E-state index < -0.39 is 11.9 Å². The van der Waals surface area contributed by atoms with Crippen LogP contribution in [-0.2, 0) is 16.0 Å². The molecule has 1 atom stereocenters. The van der Waals surface area contributed by atoms with Gasteiger partial charge in [-0.15, -0.1) is 0 Å². The Balaban J connectivity index is 1.52. The highest BCUT2D eigenvalue weighted by Gasteiger charge is 2.34. The minimum Gasteiger partial charge on any atom is -0.497 e. The molecule has 0 saturated carbocycles. The van der Waals surface area contributed by atoms with E-state index in [1.165, 1.54) is 22.6 Å². The molecule has 1 unspecified atom stereocenters. The Labute approximate surface area is 240 Å². The SMILES string of the molecule is COc1ccc(C(C(=O)Nc2c(C)cccc2C)N(C(=O)CCN2CCc3ccccc32)c2ccc(F)cc2)cc1. The molecule has 1 aliphatic rings. The largest absolute Gasteiger partial charge is 0.497 e. The summed E-state index contributed by atoms with van der Waals surface area (Å²) < 4.78 is 19.3. The summed E-state index contributed by atoms with van der Waals surface area (Å²) in [6.07, 6.45) is 1.10. The van der Waals surface area contributed by atoms with Crippen molar-refractivity contribution in [1.29, 1.82) is 0 Å². The van der Waals surface area contributed by atoms with Crippen LogP contribution in [0.1, 0.15) is 34.7 Å². The monoisotopic (exact) mass is 551 g/mol. The van der Waals surface area contributed by atoms with Gasteiger partial charge in [0.05, 0.1) is 7.11 Å². The molecule has 4 aromatic rings. The van der Waals surface area contributed by atoms with Crippen molar-refractivity contribution in [3.8, 4) is 5.75 Å². The van der Waals surface area contributed by atoms with Crippen LogP contribution in [0.5, 0.6) is 5.75 Å². The number of methoxy groups -OCH3 is 1. The first-order valence-corrected chi connectivity index (χ1v) is 13.8. The number of anilines is 3. The summed E-state index contributed by atoms with van der Waals surface area (Å²) >= 11 is 0. The van der Waals surface area contributed by atoms with Gasteiger partial charge in [0.1, 0.15) is 17.6 Å². The number of nitrogens with one attached hydrogen (secondary N) is 1. The van der Waals surface area contributed by atoms with Crippen LogP contribution in [0.25, 0.3) is 0 Å². The number of rotatable bonds is 9. The number of carbonyl (C=O) groups is 2. The molecule has 7 heteroatoms. The second-order valence-electron chi connectivity index (χ2n) is 10.3. The molecular formula is C34H34FN3O3. The van der Waals surface area contributed by atoms with E-state index in [2.05, 4.69) is 22.3 Å². The average molecular weight is 552 g/mol. The lowest BCUT2D eigenvalue weighted by atomic mass is 10.0. The van der Waals surface area contributed by atoms with Crippen LogP contribution in [0.4, 0.5) is 21.5 Å². The van der Waals surface area contributed by atoms with Crippen molar-refractivity contribution < 1.29 is 18.7 Å². The molecule has 0 fully saturated rings. The van der Waals surface area contributed by atoms with Gasteiger partial charge in [0.25, 0.3) is 5.91 Å². The smallest absolute Gasteiger partial charge is 0.252 e. The van der Waals surface area contributed by atoms with Crippen molar-refractivity contribution in [3.05, 3.63) is 119 Å². The Morgan fingerprint density at radius 3 is 2.29 bits per heavy atom. The molecule has 5 rings (SSSR count). The van der Waals surface area contributed by atoms with Gasteiger partial charge >= 0.3 is 0 Å². The quantitative estimate of drug-likeness (QED) is 0.254. The molecule has 0 aliphatic carbocycles. The highest BCUT2D eigenvalue weighted by molar-refractivity contribution is 6.06. The maximum absolute atomic E-state index is 14.2. The van der Waals surface area contributed by atoms with Gasteiger partial charge in [-0.05, 0) is 85.0 Å². The lowest BCUT2D eigenvalue weighted by Gasteiger charge is -2.32. The minimum atomic E-state index is -1.01. The van der Waals surface area contributed by atoms with Crippen molar-refractivity contribution in [3.63, 3.8) is 0 Å². The number of hydrogen-bond donors (Lipinski definition) is 1. The molecule has 2 amide bonds. The van der Waals surface area contributed by atoms with Gasteiger partial charge in [-0.25, -0.2) is 4.39 Å². The van der Waals surface area contributed by atoms with Crippen molar-refractivity contribution in [2.75, 3.05) is 35.3 Å². The summed E-state index contributed by atoms with van der Waals surface area (Å²) in [7, 11) is 1.57. The summed E-state index contributed by atoms with van der Waals surface area (Å²) in [6.45, 7) is 5.20. The number of nitrogens with zero attached hydrogens (tertiary/aromatic N) is 2. The molecule has 1 heterocycles. The van der Waals surface area contributed by atoms with Crippen molar-refractivity contribution in [2.45, 2.75) is 32.7 Å². The Bertz CT molecular complexity index is 1520. The molecule has 0 radical (unpaired) electrons. The first-order chi connectivity index (χ1) is 19.9. The first-order valence-electron chi connectivity index (χ1n) is 13.8. The summed E-state index contributed by atoms with van der Waals surface area (Å²) in [4.78, 5) is 32.0. The van der Waals surface area contributed by atoms with E-state index in [1.807, 2.05) is 44.2 Å². The third-order valence-corrected chi connectivity index (χ3v) is 7.62. The normalized spacial score (nSPS) is 12.9. The highest BCUT2D eigenvalue weighted by atomic mass is 19.1. The van der Waals surface area contributed by atoms with E-state index in [0.29, 0.717) is 29.2 Å². The number of benzene rings is 4. The second kappa shape index (κ2) is 12.3. The van der Waals surface area contributed by atoms with Crippen LogP contribution in [0.3, 0.4) is 0 Å². The van der Waals surface area contributed by atoms with Crippen molar-refractivity contribution in [1.82, 2.24) is 0 Å². The molecule has 1 N–H and O–H groups in total. The molecule has 6 nitrogen and oxygen atoms in total.